The summed E-state index contributed by atoms with van der Waals surface area (Å²) in [5.74, 6) is 1.00. The Morgan fingerprint density at radius 2 is 1.73 bits per heavy atom. The number of hydrogen-bond acceptors (Lipinski definition) is 7. The summed E-state index contributed by atoms with van der Waals surface area (Å²) in [5.41, 5.74) is 6.03. The zero-order valence-electron chi connectivity index (χ0n) is 20.7. The highest BCUT2D eigenvalue weighted by atomic mass is 35.5. The minimum Gasteiger partial charge on any atom is -0.497 e. The lowest BCUT2D eigenvalue weighted by Crippen LogP contribution is -2.43. The van der Waals surface area contributed by atoms with E-state index in [0.29, 0.717) is 21.4 Å². The summed E-state index contributed by atoms with van der Waals surface area (Å²) in [6.45, 7) is 2.47. The van der Waals surface area contributed by atoms with Gasteiger partial charge in [0.2, 0.25) is 5.95 Å². The van der Waals surface area contributed by atoms with Gasteiger partial charge in [0.25, 0.3) is 0 Å². The van der Waals surface area contributed by atoms with Crippen LogP contribution in [0.15, 0.2) is 57.0 Å². The van der Waals surface area contributed by atoms with E-state index in [1.54, 1.807) is 51.5 Å². The SMILES string of the molecule is COc1ccc(Cn2c(NCCN=C(N)NC(C)OC)nc(=O)n(Cc3ccc(Cl)c(Cl)c3)c2=O)cc1. The predicted octanol–water partition coefficient (Wildman–Crippen LogP) is 2.13. The van der Waals surface area contributed by atoms with E-state index < -0.39 is 11.4 Å². The average Bonchev–Trinajstić information content (AvgIpc) is 2.88. The molecular formula is C24H29Cl2N7O4. The van der Waals surface area contributed by atoms with Crippen LogP contribution in [0.1, 0.15) is 18.1 Å². The van der Waals surface area contributed by atoms with Gasteiger partial charge in [0.05, 0.1) is 36.8 Å². The van der Waals surface area contributed by atoms with Crippen LogP contribution >= 0.6 is 23.2 Å². The van der Waals surface area contributed by atoms with E-state index in [9.17, 15) is 9.59 Å². The number of benzene rings is 2. The van der Waals surface area contributed by atoms with E-state index in [2.05, 4.69) is 20.6 Å². The van der Waals surface area contributed by atoms with E-state index in [-0.39, 0.29) is 44.3 Å². The number of aliphatic imine (C=N–C) groups is 1. The number of anilines is 1. The van der Waals surface area contributed by atoms with Gasteiger partial charge in [-0.2, -0.15) is 4.98 Å². The van der Waals surface area contributed by atoms with Crippen LogP contribution in [0, 0.1) is 0 Å². The zero-order valence-corrected chi connectivity index (χ0v) is 22.2. The molecule has 198 valence electrons. The van der Waals surface area contributed by atoms with Crippen LogP contribution in [0.4, 0.5) is 5.95 Å². The van der Waals surface area contributed by atoms with Gasteiger partial charge in [0, 0.05) is 13.7 Å². The molecule has 0 saturated heterocycles. The minimum absolute atomic E-state index is 0.0192. The third-order valence-corrected chi connectivity index (χ3v) is 6.10. The predicted molar refractivity (Wildman–Crippen MR) is 145 cm³/mol. The molecule has 0 spiro atoms. The molecule has 1 heterocycles. The van der Waals surface area contributed by atoms with Gasteiger partial charge in [-0.15, -0.1) is 0 Å². The minimum atomic E-state index is -0.705. The van der Waals surface area contributed by atoms with Crippen LogP contribution in [-0.4, -0.2) is 53.6 Å². The number of aromatic nitrogens is 3. The molecule has 0 aliphatic heterocycles. The largest absolute Gasteiger partial charge is 0.497 e. The van der Waals surface area contributed by atoms with Gasteiger partial charge < -0.3 is 25.8 Å². The van der Waals surface area contributed by atoms with Crippen molar-refractivity contribution in [1.82, 2.24) is 19.4 Å². The molecule has 1 aromatic heterocycles. The molecule has 0 saturated carbocycles. The lowest BCUT2D eigenvalue weighted by molar-refractivity contribution is 0.106. The molecule has 3 aromatic rings. The number of rotatable bonds is 11. The van der Waals surface area contributed by atoms with Crippen molar-refractivity contribution < 1.29 is 9.47 Å². The summed E-state index contributed by atoms with van der Waals surface area (Å²) in [6, 6.07) is 12.2. The second-order valence-electron chi connectivity index (χ2n) is 7.99. The Kier molecular flexibility index (Phi) is 9.95. The first-order valence-electron chi connectivity index (χ1n) is 11.3. The normalized spacial score (nSPS) is 12.3. The highest BCUT2D eigenvalue weighted by Gasteiger charge is 2.15. The van der Waals surface area contributed by atoms with Crippen molar-refractivity contribution in [3.63, 3.8) is 0 Å². The first-order chi connectivity index (χ1) is 17.7. The van der Waals surface area contributed by atoms with Crippen LogP contribution in [0.3, 0.4) is 0 Å². The second kappa shape index (κ2) is 13.1. The molecular weight excluding hydrogens is 521 g/mol. The molecule has 13 heteroatoms. The van der Waals surface area contributed by atoms with Crippen molar-refractivity contribution in [3.05, 3.63) is 84.6 Å². The molecule has 0 radical (unpaired) electrons. The van der Waals surface area contributed by atoms with Crippen LogP contribution in [0.5, 0.6) is 5.75 Å². The molecule has 0 aliphatic carbocycles. The lowest BCUT2D eigenvalue weighted by Gasteiger charge is -2.16. The zero-order chi connectivity index (χ0) is 26.9. The van der Waals surface area contributed by atoms with E-state index >= 15 is 0 Å². The summed E-state index contributed by atoms with van der Waals surface area (Å²) in [6.07, 6.45) is -0.295. The Hall–Kier alpha value is -3.54. The van der Waals surface area contributed by atoms with Crippen molar-refractivity contribution in [1.29, 1.82) is 0 Å². The summed E-state index contributed by atoms with van der Waals surface area (Å²) >= 11 is 12.1. The van der Waals surface area contributed by atoms with Crippen molar-refractivity contribution in [2.45, 2.75) is 26.2 Å². The Bertz CT molecular complexity index is 1360. The van der Waals surface area contributed by atoms with Gasteiger partial charge >= 0.3 is 11.4 Å². The van der Waals surface area contributed by atoms with Crippen molar-refractivity contribution in [3.8, 4) is 5.75 Å². The number of ether oxygens (including phenoxy) is 2. The number of nitrogens with zero attached hydrogens (tertiary/aromatic N) is 4. The maximum Gasteiger partial charge on any atom is 0.355 e. The average molecular weight is 550 g/mol. The molecule has 4 N–H and O–H groups in total. The van der Waals surface area contributed by atoms with Gasteiger partial charge in [0.1, 0.15) is 12.0 Å². The van der Waals surface area contributed by atoms with Crippen LogP contribution < -0.4 is 32.5 Å². The summed E-state index contributed by atoms with van der Waals surface area (Å²) < 4.78 is 12.7. The molecule has 0 amide bonds. The Labute approximate surface area is 223 Å². The summed E-state index contributed by atoms with van der Waals surface area (Å²) in [7, 11) is 3.12. The van der Waals surface area contributed by atoms with Gasteiger partial charge in [-0.3, -0.25) is 9.56 Å². The fourth-order valence-corrected chi connectivity index (χ4v) is 3.65. The number of nitrogens with one attached hydrogen (secondary N) is 2. The highest BCUT2D eigenvalue weighted by molar-refractivity contribution is 6.42. The van der Waals surface area contributed by atoms with Crippen LogP contribution in [0.25, 0.3) is 0 Å². The quantitative estimate of drug-likeness (QED) is 0.143. The van der Waals surface area contributed by atoms with Crippen molar-refractivity contribution >= 4 is 35.1 Å². The topological polar surface area (TPSA) is 138 Å². The fraction of sp³-hybridized carbons (Fsp3) is 0.333. The third kappa shape index (κ3) is 7.72. The van der Waals surface area contributed by atoms with Gasteiger partial charge in [-0.1, -0.05) is 41.4 Å². The molecule has 0 aliphatic rings. The van der Waals surface area contributed by atoms with Gasteiger partial charge in [0.15, 0.2) is 5.96 Å². The Morgan fingerprint density at radius 3 is 2.38 bits per heavy atom. The third-order valence-electron chi connectivity index (χ3n) is 5.36. The number of halogens is 2. The van der Waals surface area contributed by atoms with E-state index in [1.807, 2.05) is 12.1 Å². The summed E-state index contributed by atoms with van der Waals surface area (Å²) in [4.78, 5) is 34.7. The standard InChI is InChI=1S/C24H29Cl2N7O4/c1-15(36-2)30-21(27)28-10-11-29-22-31-23(34)33(14-17-6-9-19(25)20(26)12-17)24(35)32(22)13-16-4-7-18(37-3)8-5-16/h4-9,12,15H,10-11,13-14H2,1-3H3,(H3,27,28,30)(H,29,31,34). The monoisotopic (exact) mass is 549 g/mol. The lowest BCUT2D eigenvalue weighted by atomic mass is 10.2. The van der Waals surface area contributed by atoms with Gasteiger partial charge in [-0.25, -0.2) is 14.2 Å². The molecule has 11 nitrogen and oxygen atoms in total. The molecule has 2 aromatic carbocycles. The van der Waals surface area contributed by atoms with E-state index in [1.165, 1.54) is 4.57 Å². The van der Waals surface area contributed by atoms with Gasteiger partial charge in [-0.05, 0) is 42.3 Å². The number of methoxy groups -OCH3 is 2. The molecule has 0 bridgehead atoms. The van der Waals surface area contributed by atoms with Crippen molar-refractivity contribution in [2.75, 3.05) is 32.6 Å². The molecule has 1 unspecified atom stereocenters. The molecule has 1 atom stereocenters. The number of nitrogens with two attached hydrogens (primary N) is 1. The molecule has 3 rings (SSSR count). The molecule has 37 heavy (non-hydrogen) atoms. The maximum absolute atomic E-state index is 13.5. The first kappa shape index (κ1) is 28.0. The number of hydrogen-bond donors (Lipinski definition) is 3. The van der Waals surface area contributed by atoms with Crippen molar-refractivity contribution in [2.24, 2.45) is 10.7 Å². The van der Waals surface area contributed by atoms with E-state index in [0.717, 1.165) is 10.1 Å². The second-order valence-corrected chi connectivity index (χ2v) is 8.80. The number of guanidine groups is 1. The Balaban J connectivity index is 1.90. The van der Waals surface area contributed by atoms with E-state index in [4.69, 9.17) is 38.4 Å². The maximum atomic E-state index is 13.5. The smallest absolute Gasteiger partial charge is 0.355 e. The molecule has 0 fully saturated rings. The highest BCUT2D eigenvalue weighted by Crippen LogP contribution is 2.22. The van der Waals surface area contributed by atoms with Crippen LogP contribution in [-0.2, 0) is 17.8 Å². The Morgan fingerprint density at radius 1 is 1.05 bits per heavy atom. The first-order valence-corrected chi connectivity index (χ1v) is 12.1. The fourth-order valence-electron chi connectivity index (χ4n) is 3.33. The summed E-state index contributed by atoms with van der Waals surface area (Å²) in [5, 5.41) is 6.59. The van der Waals surface area contributed by atoms with Crippen LogP contribution in [0.2, 0.25) is 10.0 Å².